The van der Waals surface area contributed by atoms with E-state index in [1.165, 1.54) is 6.92 Å². The van der Waals surface area contributed by atoms with Gasteiger partial charge < -0.3 is 15.1 Å². The summed E-state index contributed by atoms with van der Waals surface area (Å²) in [7, 11) is 0. The minimum Gasteiger partial charge on any atom is -0.339 e. The molecule has 138 valence electrons. The second-order valence-corrected chi connectivity index (χ2v) is 7.59. The van der Waals surface area contributed by atoms with Crippen molar-refractivity contribution in [3.05, 3.63) is 23.2 Å². The number of carbonyl (C=O) groups is 3. The molecule has 3 amide bonds. The van der Waals surface area contributed by atoms with Crippen molar-refractivity contribution in [2.75, 3.05) is 31.5 Å². The van der Waals surface area contributed by atoms with Crippen LogP contribution in [0.5, 0.6) is 0 Å². The summed E-state index contributed by atoms with van der Waals surface area (Å²) in [6, 6.07) is 5.61. The molecule has 0 spiro atoms. The fraction of sp³-hybridized carbons (Fsp3) is 0.444. The molecule has 0 atom stereocenters. The molecule has 0 saturated carbocycles. The molecule has 7 nitrogen and oxygen atoms in total. The third-order valence-electron chi connectivity index (χ3n) is 4.42. The molecule has 1 N–H and O–H groups in total. The van der Waals surface area contributed by atoms with E-state index in [4.69, 9.17) is 0 Å². The summed E-state index contributed by atoms with van der Waals surface area (Å²) in [6.07, 6.45) is 0.319. The molecule has 1 fully saturated rings. The Balaban J connectivity index is 1.47. The van der Waals surface area contributed by atoms with Gasteiger partial charge in [-0.3, -0.25) is 14.4 Å². The number of amides is 3. The normalized spacial score (nSPS) is 14.5. The van der Waals surface area contributed by atoms with Crippen LogP contribution in [0.25, 0.3) is 10.2 Å². The Labute approximate surface area is 156 Å². The number of nitrogens with one attached hydrogen (secondary N) is 1. The van der Waals surface area contributed by atoms with Gasteiger partial charge in [-0.25, -0.2) is 4.98 Å². The number of anilines is 1. The zero-order chi connectivity index (χ0) is 18.7. The minimum atomic E-state index is -0.179. The van der Waals surface area contributed by atoms with E-state index in [-0.39, 0.29) is 30.6 Å². The molecule has 3 rings (SSSR count). The summed E-state index contributed by atoms with van der Waals surface area (Å²) in [5.74, 6) is -0.192. The number of hydrogen-bond donors (Lipinski definition) is 1. The summed E-state index contributed by atoms with van der Waals surface area (Å²) < 4.78 is 1.03. The van der Waals surface area contributed by atoms with Gasteiger partial charge in [0.15, 0.2) is 0 Å². The second kappa shape index (κ2) is 7.82. The molecule has 8 heteroatoms. The second-order valence-electron chi connectivity index (χ2n) is 6.35. The molecule has 0 radical (unpaired) electrons. The zero-order valence-electron chi connectivity index (χ0n) is 14.9. The van der Waals surface area contributed by atoms with Crippen molar-refractivity contribution in [3.8, 4) is 0 Å². The number of nitrogens with zero attached hydrogens (tertiary/aromatic N) is 3. The number of aromatic nitrogens is 1. The van der Waals surface area contributed by atoms with Crippen LogP contribution >= 0.6 is 11.3 Å². The Morgan fingerprint density at radius 3 is 2.50 bits per heavy atom. The van der Waals surface area contributed by atoms with Gasteiger partial charge in [0.25, 0.3) is 0 Å². The maximum Gasteiger partial charge on any atom is 0.224 e. The van der Waals surface area contributed by atoms with Crippen LogP contribution < -0.4 is 5.32 Å². The van der Waals surface area contributed by atoms with Gasteiger partial charge in [0.05, 0.1) is 15.2 Å². The first kappa shape index (κ1) is 18.3. The van der Waals surface area contributed by atoms with Gasteiger partial charge in [0.2, 0.25) is 17.7 Å². The molecule has 1 aliphatic rings. The molecule has 0 aliphatic carbocycles. The summed E-state index contributed by atoms with van der Waals surface area (Å²) in [6.45, 7) is 5.66. The number of rotatable bonds is 4. The average Bonchev–Trinajstić information content (AvgIpc) is 2.99. The van der Waals surface area contributed by atoms with Gasteiger partial charge in [0.1, 0.15) is 0 Å². The van der Waals surface area contributed by atoms with Crippen molar-refractivity contribution in [1.29, 1.82) is 0 Å². The third-order valence-corrected chi connectivity index (χ3v) is 5.36. The first-order valence-electron chi connectivity index (χ1n) is 8.63. The van der Waals surface area contributed by atoms with Crippen LogP contribution in [-0.2, 0) is 14.4 Å². The third kappa shape index (κ3) is 4.37. The van der Waals surface area contributed by atoms with E-state index < -0.39 is 0 Å². The van der Waals surface area contributed by atoms with Crippen molar-refractivity contribution in [2.45, 2.75) is 26.7 Å². The largest absolute Gasteiger partial charge is 0.339 e. The maximum atomic E-state index is 12.2. The van der Waals surface area contributed by atoms with Crippen LogP contribution in [-0.4, -0.2) is 58.7 Å². The Morgan fingerprint density at radius 1 is 1.12 bits per heavy atom. The van der Waals surface area contributed by atoms with Gasteiger partial charge >= 0.3 is 0 Å². The van der Waals surface area contributed by atoms with Crippen LogP contribution in [0, 0.1) is 6.92 Å². The monoisotopic (exact) mass is 374 g/mol. The Morgan fingerprint density at radius 2 is 1.81 bits per heavy atom. The number of carbonyl (C=O) groups excluding carboxylic acids is 3. The molecule has 1 saturated heterocycles. The van der Waals surface area contributed by atoms with Gasteiger partial charge in [-0.15, -0.1) is 11.3 Å². The molecular weight excluding hydrogens is 352 g/mol. The number of fused-ring (bicyclic) bond motifs is 1. The van der Waals surface area contributed by atoms with E-state index >= 15 is 0 Å². The fourth-order valence-corrected chi connectivity index (χ4v) is 3.86. The lowest BCUT2D eigenvalue weighted by molar-refractivity contribution is -0.138. The van der Waals surface area contributed by atoms with Crippen molar-refractivity contribution in [3.63, 3.8) is 0 Å². The molecular formula is C18H22N4O3S. The number of hydrogen-bond acceptors (Lipinski definition) is 5. The van der Waals surface area contributed by atoms with E-state index in [0.29, 0.717) is 31.9 Å². The van der Waals surface area contributed by atoms with Crippen LogP contribution in [0.3, 0.4) is 0 Å². The molecule has 1 aromatic heterocycles. The SMILES string of the molecule is CC(=O)N1CCN(C(=O)CCC(=O)Nc2ccc3nc(C)sc3c2)CC1. The lowest BCUT2D eigenvalue weighted by Gasteiger charge is -2.34. The van der Waals surface area contributed by atoms with E-state index in [9.17, 15) is 14.4 Å². The summed E-state index contributed by atoms with van der Waals surface area (Å²) in [5, 5.41) is 3.83. The lowest BCUT2D eigenvalue weighted by Crippen LogP contribution is -2.50. The minimum absolute atomic E-state index is 0.0320. The highest BCUT2D eigenvalue weighted by molar-refractivity contribution is 7.18. The van der Waals surface area contributed by atoms with E-state index in [0.717, 1.165) is 15.2 Å². The zero-order valence-corrected chi connectivity index (χ0v) is 15.8. The Hall–Kier alpha value is -2.48. The quantitative estimate of drug-likeness (QED) is 0.887. The molecule has 26 heavy (non-hydrogen) atoms. The highest BCUT2D eigenvalue weighted by Gasteiger charge is 2.22. The van der Waals surface area contributed by atoms with Crippen LogP contribution in [0.1, 0.15) is 24.8 Å². The van der Waals surface area contributed by atoms with Gasteiger partial charge in [-0.05, 0) is 25.1 Å². The topological polar surface area (TPSA) is 82.6 Å². The number of piperazine rings is 1. The molecule has 2 heterocycles. The standard InChI is InChI=1S/C18H22N4O3S/c1-12-19-15-4-3-14(11-16(15)26-12)20-17(24)5-6-18(25)22-9-7-21(8-10-22)13(2)23/h3-4,11H,5-10H2,1-2H3,(H,20,24). The van der Waals surface area contributed by atoms with Gasteiger partial charge in [-0.1, -0.05) is 0 Å². The van der Waals surface area contributed by atoms with Crippen molar-refractivity contribution < 1.29 is 14.4 Å². The van der Waals surface area contributed by atoms with Crippen LogP contribution in [0.4, 0.5) is 5.69 Å². The molecule has 2 aromatic rings. The Kier molecular flexibility index (Phi) is 5.51. The molecule has 0 bridgehead atoms. The van der Waals surface area contributed by atoms with Crippen LogP contribution in [0.15, 0.2) is 18.2 Å². The first-order chi connectivity index (χ1) is 12.4. The van der Waals surface area contributed by atoms with Crippen LogP contribution in [0.2, 0.25) is 0 Å². The fourth-order valence-electron chi connectivity index (χ4n) is 2.99. The van der Waals surface area contributed by atoms with E-state index in [2.05, 4.69) is 10.3 Å². The molecule has 1 aromatic carbocycles. The maximum absolute atomic E-state index is 12.2. The van der Waals surface area contributed by atoms with Crippen molar-refractivity contribution in [1.82, 2.24) is 14.8 Å². The number of benzene rings is 1. The Bertz CT molecular complexity index is 840. The first-order valence-corrected chi connectivity index (χ1v) is 9.44. The van der Waals surface area contributed by atoms with Gasteiger partial charge in [0, 0.05) is 51.6 Å². The smallest absolute Gasteiger partial charge is 0.224 e. The predicted octanol–water partition coefficient (Wildman–Crippen LogP) is 2.01. The highest BCUT2D eigenvalue weighted by Crippen LogP contribution is 2.24. The summed E-state index contributed by atoms with van der Waals surface area (Å²) in [4.78, 5) is 43.5. The van der Waals surface area contributed by atoms with E-state index in [1.807, 2.05) is 25.1 Å². The van der Waals surface area contributed by atoms with Crippen molar-refractivity contribution in [2.24, 2.45) is 0 Å². The van der Waals surface area contributed by atoms with E-state index in [1.54, 1.807) is 21.1 Å². The average molecular weight is 374 g/mol. The summed E-state index contributed by atoms with van der Waals surface area (Å²) in [5.41, 5.74) is 1.64. The predicted molar refractivity (Wildman–Crippen MR) is 101 cm³/mol. The lowest BCUT2D eigenvalue weighted by atomic mass is 10.2. The molecule has 0 unspecified atom stereocenters. The molecule has 1 aliphatic heterocycles. The number of thiazole rings is 1. The summed E-state index contributed by atoms with van der Waals surface area (Å²) >= 11 is 1.58. The van der Waals surface area contributed by atoms with Crippen molar-refractivity contribution >= 4 is 45.0 Å². The highest BCUT2D eigenvalue weighted by atomic mass is 32.1. The van der Waals surface area contributed by atoms with Gasteiger partial charge in [-0.2, -0.15) is 0 Å². The number of aryl methyl sites for hydroxylation is 1.